The molecule has 7 rings (SSSR count). The SMILES string of the molecule is CC(C)CCC[C@@H](C)[C@H]1CC[C@H]2[C@@H]3CC=C4C[C@@H](OC(=O)NCCCCC(=O)NCCCO[C@@H]5OC(CO)[C@H](O)[C@H](O[C@H]6OC(CO)[C@H](O)[C@H](O)C6C)C5O[C@@H]5OC(C)[C@@H](O)[C@H](O)C5O)CC[C@]4(C)[C@H]3CC[C@]12C. The van der Waals surface area contributed by atoms with Crippen molar-refractivity contribution in [3.8, 4) is 0 Å². The van der Waals surface area contributed by atoms with Gasteiger partial charge in [0.1, 0.15) is 61.0 Å². The van der Waals surface area contributed by atoms with E-state index in [2.05, 4.69) is 51.3 Å². The molecule has 0 aromatic heterocycles. The Morgan fingerprint density at radius 1 is 0.716 bits per heavy atom. The Bertz CT molecular complexity index is 1830. The van der Waals surface area contributed by atoms with Crippen LogP contribution in [0.25, 0.3) is 0 Å². The zero-order chi connectivity index (χ0) is 53.6. The van der Waals surface area contributed by atoms with E-state index in [-0.39, 0.29) is 43.4 Å². The number of carbonyl (C=O) groups excluding carboxylic acids is 2. The van der Waals surface area contributed by atoms with Crippen LogP contribution < -0.4 is 10.6 Å². The highest BCUT2D eigenvalue weighted by Gasteiger charge is 2.60. The number of hydrogen-bond donors (Lipinski definition) is 10. The highest BCUT2D eigenvalue weighted by molar-refractivity contribution is 5.75. The molecule has 0 aromatic carbocycles. The number of rotatable bonds is 22. The number of allylic oxidation sites excluding steroid dienone is 1. The molecule has 3 saturated carbocycles. The summed E-state index contributed by atoms with van der Waals surface area (Å²) in [5, 5.41) is 89.9. The van der Waals surface area contributed by atoms with Crippen molar-refractivity contribution >= 4 is 12.0 Å². The standard InChI is InChI=1S/C55H94N2O17/c1-29(2)12-10-13-30(3)36-17-18-37-35-16-15-33-26-34(19-21-54(33,6)38(35)20-22-55(36,37)7)70-53(67)57-23-9-8-14-41(60)56-24-11-25-68-52-49(74-51-47(66)46(65)43(62)32(5)69-51)48(45(64)40(28-59)72-52)73-50-31(4)42(61)44(63)39(27-58)71-50/h15,29-32,34-40,42-52,58-59,61-66H,8-14,16-28H2,1-7H3,(H,56,60)(H,57,67)/t30-,31?,32?,34+,35+,36-,37+,38+,39?,40?,42-,43-,44+,45+,46+,47?,48+,49?,50-,51+,52-,54+,55-/m1/s1. The van der Waals surface area contributed by atoms with Crippen LogP contribution in [0.2, 0.25) is 0 Å². The Hall–Kier alpha value is -2.08. The summed E-state index contributed by atoms with van der Waals surface area (Å²) in [5.41, 5.74) is 2.11. The normalized spacial score (nSPS) is 43.6. The van der Waals surface area contributed by atoms with Crippen molar-refractivity contribution in [1.29, 1.82) is 0 Å². The quantitative estimate of drug-likeness (QED) is 0.0548. The second-order valence-electron chi connectivity index (χ2n) is 24.2. The third-order valence-electron chi connectivity index (χ3n) is 18.9. The minimum Gasteiger partial charge on any atom is -0.446 e. The van der Waals surface area contributed by atoms with Crippen LogP contribution in [0, 0.1) is 52.3 Å². The van der Waals surface area contributed by atoms with E-state index in [1.807, 2.05) is 0 Å². The molecule has 19 heteroatoms. The van der Waals surface area contributed by atoms with E-state index in [1.165, 1.54) is 64.4 Å². The second-order valence-corrected chi connectivity index (χ2v) is 24.2. The lowest BCUT2D eigenvalue weighted by atomic mass is 9.47. The zero-order valence-corrected chi connectivity index (χ0v) is 45.2. The van der Waals surface area contributed by atoms with Gasteiger partial charge in [0.25, 0.3) is 0 Å². The Morgan fingerprint density at radius 2 is 1.42 bits per heavy atom. The lowest BCUT2D eigenvalue weighted by molar-refractivity contribution is -0.387. The Kier molecular flexibility index (Phi) is 21.1. The fourth-order valence-corrected chi connectivity index (χ4v) is 14.4. The number of alkyl carbamates (subject to hydrolysis) is 1. The molecule has 426 valence electrons. The van der Waals surface area contributed by atoms with Gasteiger partial charge >= 0.3 is 6.09 Å². The second kappa shape index (κ2) is 26.3. The van der Waals surface area contributed by atoms with E-state index >= 15 is 0 Å². The lowest BCUT2D eigenvalue weighted by Crippen LogP contribution is -2.66. The van der Waals surface area contributed by atoms with Gasteiger partial charge in [0.2, 0.25) is 5.91 Å². The van der Waals surface area contributed by atoms with Crippen LogP contribution in [0.1, 0.15) is 145 Å². The van der Waals surface area contributed by atoms with Crippen LogP contribution >= 0.6 is 0 Å². The maximum atomic E-state index is 13.0. The molecular weight excluding hydrogens is 961 g/mol. The molecule has 0 spiro atoms. The van der Waals surface area contributed by atoms with Crippen LogP contribution in [0.4, 0.5) is 4.79 Å². The topological polar surface area (TPSA) is 285 Å². The van der Waals surface area contributed by atoms with Crippen molar-refractivity contribution in [3.05, 3.63) is 11.6 Å². The first-order valence-electron chi connectivity index (χ1n) is 28.3. The van der Waals surface area contributed by atoms with Gasteiger partial charge < -0.3 is 84.6 Å². The molecule has 7 aliphatic rings. The van der Waals surface area contributed by atoms with Crippen molar-refractivity contribution in [2.24, 2.45) is 52.3 Å². The van der Waals surface area contributed by atoms with Crippen molar-refractivity contribution in [2.75, 3.05) is 32.9 Å². The predicted octanol–water partition coefficient (Wildman–Crippen LogP) is 3.57. The van der Waals surface area contributed by atoms with Gasteiger partial charge in [-0.1, -0.05) is 72.5 Å². The molecule has 0 bridgehead atoms. The molecule has 3 aliphatic heterocycles. The van der Waals surface area contributed by atoms with Crippen LogP contribution in [0.15, 0.2) is 11.6 Å². The summed E-state index contributed by atoms with van der Waals surface area (Å²) in [4.78, 5) is 25.8. The number of aliphatic hydroxyl groups excluding tert-OH is 8. The summed E-state index contributed by atoms with van der Waals surface area (Å²) >= 11 is 0. The van der Waals surface area contributed by atoms with Crippen molar-refractivity contribution < 1.29 is 83.6 Å². The number of unbranched alkanes of at least 4 members (excludes halogenated alkanes) is 1. The first kappa shape index (κ1) is 59.6. The predicted molar refractivity (Wildman–Crippen MR) is 270 cm³/mol. The van der Waals surface area contributed by atoms with Crippen molar-refractivity contribution in [1.82, 2.24) is 10.6 Å². The summed E-state index contributed by atoms with van der Waals surface area (Å²) in [6.45, 7) is 14.5. The lowest BCUT2D eigenvalue weighted by Gasteiger charge is -2.58. The summed E-state index contributed by atoms with van der Waals surface area (Å²) in [6.07, 6.45) is -3.15. The van der Waals surface area contributed by atoms with Crippen LogP contribution in [0.5, 0.6) is 0 Å². The van der Waals surface area contributed by atoms with Crippen LogP contribution in [-0.2, 0) is 38.0 Å². The third kappa shape index (κ3) is 13.3. The van der Waals surface area contributed by atoms with Crippen LogP contribution in [0.3, 0.4) is 0 Å². The average Bonchev–Trinajstić information content (AvgIpc) is 3.73. The van der Waals surface area contributed by atoms with E-state index in [4.69, 9.17) is 33.2 Å². The molecule has 2 amide bonds. The van der Waals surface area contributed by atoms with E-state index < -0.39 is 111 Å². The zero-order valence-electron chi connectivity index (χ0n) is 45.2. The Labute approximate surface area is 438 Å². The highest BCUT2D eigenvalue weighted by Crippen LogP contribution is 2.67. The molecule has 3 heterocycles. The summed E-state index contributed by atoms with van der Waals surface area (Å²) in [5.74, 6) is 3.58. The molecule has 23 atom stereocenters. The van der Waals surface area contributed by atoms with Crippen molar-refractivity contribution in [3.63, 3.8) is 0 Å². The molecule has 19 nitrogen and oxygen atoms in total. The third-order valence-corrected chi connectivity index (χ3v) is 18.9. The molecule has 0 aromatic rings. The van der Waals surface area contributed by atoms with E-state index in [9.17, 15) is 50.4 Å². The van der Waals surface area contributed by atoms with E-state index in [0.29, 0.717) is 30.7 Å². The first-order valence-corrected chi connectivity index (χ1v) is 28.3. The van der Waals surface area contributed by atoms with Gasteiger partial charge in [-0.05, 0) is 117 Å². The number of nitrogens with one attached hydrogen (secondary N) is 2. The maximum Gasteiger partial charge on any atom is 0.407 e. The minimum absolute atomic E-state index is 0.0331. The molecule has 3 saturated heterocycles. The number of amides is 2. The van der Waals surface area contributed by atoms with E-state index in [1.54, 1.807) is 0 Å². The highest BCUT2D eigenvalue weighted by atomic mass is 16.8. The molecule has 10 N–H and O–H groups in total. The Morgan fingerprint density at radius 3 is 2.15 bits per heavy atom. The average molecular weight is 1060 g/mol. The maximum absolute atomic E-state index is 13.0. The summed E-state index contributed by atoms with van der Waals surface area (Å²) in [6, 6.07) is 0. The largest absolute Gasteiger partial charge is 0.446 e. The molecule has 6 unspecified atom stereocenters. The van der Waals surface area contributed by atoms with Gasteiger partial charge in [0, 0.05) is 31.8 Å². The number of ether oxygens (including phenoxy) is 7. The summed E-state index contributed by atoms with van der Waals surface area (Å²) in [7, 11) is 0. The minimum atomic E-state index is -1.76. The number of aliphatic hydroxyl groups is 8. The van der Waals surface area contributed by atoms with E-state index in [0.717, 1.165) is 55.3 Å². The number of hydrogen-bond acceptors (Lipinski definition) is 17. The van der Waals surface area contributed by atoms with Gasteiger partial charge in [-0.3, -0.25) is 4.79 Å². The van der Waals surface area contributed by atoms with Crippen LogP contribution in [-0.4, -0.2) is 178 Å². The molecule has 4 aliphatic carbocycles. The van der Waals surface area contributed by atoms with Gasteiger partial charge in [0.05, 0.1) is 32.0 Å². The molecule has 6 fully saturated rings. The number of fused-ring (bicyclic) bond motifs is 5. The Balaban J connectivity index is 0.824. The fraction of sp³-hybridized carbons (Fsp3) is 0.927. The fourth-order valence-electron chi connectivity index (χ4n) is 14.4. The van der Waals surface area contributed by atoms with Gasteiger partial charge in [-0.2, -0.15) is 0 Å². The van der Waals surface area contributed by atoms with Gasteiger partial charge in [-0.25, -0.2) is 4.79 Å². The molecular formula is C55H94N2O17. The summed E-state index contributed by atoms with van der Waals surface area (Å²) < 4.78 is 41.6. The first-order chi connectivity index (χ1) is 35.2. The molecule has 74 heavy (non-hydrogen) atoms. The molecule has 0 radical (unpaired) electrons. The van der Waals surface area contributed by atoms with Gasteiger partial charge in [0.15, 0.2) is 18.9 Å². The van der Waals surface area contributed by atoms with Crippen molar-refractivity contribution in [2.45, 2.75) is 237 Å². The number of carbonyl (C=O) groups is 2. The smallest absolute Gasteiger partial charge is 0.407 e. The monoisotopic (exact) mass is 1050 g/mol. The van der Waals surface area contributed by atoms with Gasteiger partial charge in [-0.15, -0.1) is 0 Å².